The average Bonchev–Trinajstić information content (AvgIpc) is 3.20. The van der Waals surface area contributed by atoms with E-state index >= 15 is 0 Å². The van der Waals surface area contributed by atoms with Crippen LogP contribution in [0.2, 0.25) is 0 Å². The van der Waals surface area contributed by atoms with E-state index in [2.05, 4.69) is 55.3 Å². The van der Waals surface area contributed by atoms with E-state index in [1.807, 2.05) is 30.4 Å². The second-order valence-electron chi connectivity index (χ2n) is 11.6. The van der Waals surface area contributed by atoms with E-state index in [0.717, 1.165) is 42.9 Å². The number of hydrogen-bond donors (Lipinski definition) is 1. The lowest BCUT2D eigenvalue weighted by Gasteiger charge is -2.74. The Morgan fingerprint density at radius 3 is 2.69 bits per heavy atom. The molecule has 2 spiro atoms. The molecule has 0 amide bonds. The highest BCUT2D eigenvalue weighted by Gasteiger charge is 2.84. The molecule has 7 atom stereocenters. The van der Waals surface area contributed by atoms with E-state index in [-0.39, 0.29) is 16.7 Å². The number of fused-ring (bicyclic) bond motifs is 1. The number of piperidine rings is 1. The summed E-state index contributed by atoms with van der Waals surface area (Å²) < 4.78 is 19.5. The first-order valence-corrected chi connectivity index (χ1v) is 13.1. The normalized spacial score (nSPS) is 40.2. The van der Waals surface area contributed by atoms with Crippen LogP contribution < -0.4 is 9.47 Å². The van der Waals surface area contributed by atoms with E-state index in [1.54, 1.807) is 14.2 Å². The molecule has 0 radical (unpaired) electrons. The Labute approximate surface area is 213 Å². The van der Waals surface area contributed by atoms with Gasteiger partial charge in [-0.1, -0.05) is 60.7 Å². The van der Waals surface area contributed by atoms with Gasteiger partial charge in [-0.3, -0.25) is 0 Å². The smallest absolute Gasteiger partial charge is 0.166 e. The van der Waals surface area contributed by atoms with Crippen LogP contribution in [-0.4, -0.2) is 61.2 Å². The fraction of sp³-hybridized carbons (Fsp3) is 0.484. The van der Waals surface area contributed by atoms with Crippen LogP contribution in [0.15, 0.2) is 60.7 Å². The molecule has 1 saturated carbocycles. The lowest BCUT2D eigenvalue weighted by atomic mass is 9.33. The van der Waals surface area contributed by atoms with Crippen LogP contribution in [0.4, 0.5) is 0 Å². The van der Waals surface area contributed by atoms with Crippen molar-refractivity contribution in [1.82, 2.24) is 4.90 Å². The number of hydrogen-bond acceptors (Lipinski definition) is 5. The van der Waals surface area contributed by atoms with Crippen LogP contribution in [0.1, 0.15) is 36.5 Å². The molecule has 188 valence electrons. The zero-order chi connectivity index (χ0) is 24.9. The van der Waals surface area contributed by atoms with Gasteiger partial charge in [0.15, 0.2) is 11.5 Å². The minimum atomic E-state index is -0.783. The summed E-state index contributed by atoms with van der Waals surface area (Å²) >= 11 is 0. The summed E-state index contributed by atoms with van der Waals surface area (Å²) in [6.07, 6.45) is 10.8. The van der Waals surface area contributed by atoms with Gasteiger partial charge >= 0.3 is 0 Å². The van der Waals surface area contributed by atoms with Gasteiger partial charge < -0.3 is 24.2 Å². The van der Waals surface area contributed by atoms with Crippen LogP contribution in [0.3, 0.4) is 0 Å². The Balaban J connectivity index is 1.44. The molecular weight excluding hydrogens is 450 g/mol. The molecule has 8 rings (SSSR count). The maximum Gasteiger partial charge on any atom is 0.166 e. The van der Waals surface area contributed by atoms with Gasteiger partial charge in [0.05, 0.1) is 18.6 Å². The molecule has 2 aromatic rings. The summed E-state index contributed by atoms with van der Waals surface area (Å²) in [6.45, 7) is 3.25. The molecule has 5 heteroatoms. The monoisotopic (exact) mass is 485 g/mol. The fourth-order valence-corrected chi connectivity index (χ4v) is 9.20. The Kier molecular flexibility index (Phi) is 4.55. The predicted molar refractivity (Wildman–Crippen MR) is 139 cm³/mol. The van der Waals surface area contributed by atoms with E-state index in [4.69, 9.17) is 14.2 Å². The van der Waals surface area contributed by atoms with Gasteiger partial charge in [0.2, 0.25) is 0 Å². The molecule has 36 heavy (non-hydrogen) atoms. The molecule has 0 unspecified atom stereocenters. The second-order valence-corrected chi connectivity index (χ2v) is 11.6. The number of ether oxygens (including phenoxy) is 3. The van der Waals surface area contributed by atoms with Crippen molar-refractivity contribution < 1.29 is 19.3 Å². The van der Waals surface area contributed by atoms with Crippen LogP contribution >= 0.6 is 0 Å². The van der Waals surface area contributed by atoms with Crippen molar-refractivity contribution in [3.05, 3.63) is 77.4 Å². The predicted octanol–water partition coefficient (Wildman–Crippen LogP) is 4.38. The van der Waals surface area contributed by atoms with Crippen molar-refractivity contribution in [2.24, 2.45) is 11.3 Å². The summed E-state index contributed by atoms with van der Waals surface area (Å²) in [5, 5.41) is 11.8. The number of likely N-dealkylation sites (tertiary alicyclic amines) is 1. The molecule has 2 aromatic carbocycles. The van der Waals surface area contributed by atoms with Crippen molar-refractivity contribution in [3.8, 4) is 11.5 Å². The number of nitrogens with zero attached hydrogens (tertiary/aromatic N) is 1. The lowest BCUT2D eigenvalue weighted by molar-refractivity contribution is -0.269. The molecule has 1 saturated heterocycles. The number of benzene rings is 2. The minimum absolute atomic E-state index is 0.151. The third-order valence-corrected chi connectivity index (χ3v) is 10.7. The number of rotatable bonds is 5. The van der Waals surface area contributed by atoms with Crippen molar-refractivity contribution >= 4 is 6.08 Å². The molecule has 2 fully saturated rings. The minimum Gasteiger partial charge on any atom is -0.493 e. The zero-order valence-electron chi connectivity index (χ0n) is 21.5. The number of aliphatic hydroxyl groups excluding tert-OH is 1. The summed E-state index contributed by atoms with van der Waals surface area (Å²) in [5.74, 6) is 1.52. The molecule has 1 N–H and O–H groups in total. The van der Waals surface area contributed by atoms with E-state index < -0.39 is 17.3 Å². The van der Waals surface area contributed by atoms with Gasteiger partial charge in [0.1, 0.15) is 11.2 Å². The molecule has 5 nitrogen and oxygen atoms in total. The van der Waals surface area contributed by atoms with Crippen molar-refractivity contribution in [1.29, 1.82) is 0 Å². The quantitative estimate of drug-likeness (QED) is 0.637. The molecule has 0 aromatic heterocycles. The second kappa shape index (κ2) is 7.25. The third-order valence-electron chi connectivity index (χ3n) is 10.7. The fourth-order valence-electron chi connectivity index (χ4n) is 9.20. The molecule has 2 aliphatic heterocycles. The van der Waals surface area contributed by atoms with Gasteiger partial charge in [-0.2, -0.15) is 0 Å². The van der Waals surface area contributed by atoms with Gasteiger partial charge in [-0.15, -0.1) is 0 Å². The summed E-state index contributed by atoms with van der Waals surface area (Å²) in [6, 6.07) is 14.8. The standard InChI is InChI=1S/C31H35NO4/c1-28-30-16-17-32(2)25(18-21-11-13-24(34-3)27(36-28)26(21)30)29(30)14-15-31(28,35-4)22(19-29)23(33)12-10-20-8-6-5-7-9-20/h5-15,22-23,25,33H,16-19H2,1-4H3/b12-10+/t22-,23-,25-,28-,29-,30+,31-/m1/s1. The van der Waals surface area contributed by atoms with Crippen LogP contribution in [0.25, 0.3) is 6.08 Å². The van der Waals surface area contributed by atoms with Crippen LogP contribution in [0, 0.1) is 11.3 Å². The molecule has 2 heterocycles. The Hall–Kier alpha value is -2.60. The highest BCUT2D eigenvalue weighted by atomic mass is 16.6. The van der Waals surface area contributed by atoms with Crippen molar-refractivity contribution in [2.75, 3.05) is 27.8 Å². The van der Waals surface area contributed by atoms with Crippen LogP contribution in [-0.2, 0) is 16.6 Å². The number of methoxy groups -OCH3 is 2. The highest BCUT2D eigenvalue weighted by Crippen LogP contribution is 2.78. The van der Waals surface area contributed by atoms with E-state index in [9.17, 15) is 5.11 Å². The molecular formula is C31H35NO4. The first-order valence-electron chi connectivity index (χ1n) is 13.1. The van der Waals surface area contributed by atoms with Crippen molar-refractivity contribution in [3.63, 3.8) is 0 Å². The number of aliphatic hydroxyl groups is 1. The van der Waals surface area contributed by atoms with Gasteiger partial charge in [-0.05, 0) is 57.0 Å². The number of likely N-dealkylation sites (N-methyl/N-ethyl adjacent to an activating group) is 1. The molecule has 4 aliphatic carbocycles. The molecule has 6 aliphatic rings. The van der Waals surface area contributed by atoms with Gasteiger partial charge in [-0.25, -0.2) is 0 Å². The lowest BCUT2D eigenvalue weighted by Crippen LogP contribution is -2.84. The van der Waals surface area contributed by atoms with E-state index in [0.29, 0.717) is 6.04 Å². The highest BCUT2D eigenvalue weighted by molar-refractivity contribution is 5.67. The largest absolute Gasteiger partial charge is 0.493 e. The molecule has 4 bridgehead atoms. The van der Waals surface area contributed by atoms with Crippen molar-refractivity contribution in [2.45, 2.75) is 54.9 Å². The Morgan fingerprint density at radius 2 is 1.94 bits per heavy atom. The SMILES string of the molecule is COc1ccc2c3c1O[C@]1(C)[C@]34CCN(C)[C@H](C2)[C@]42C=C[C@@]1(OC)[C@@H]([C@H](O)/C=C/c1ccccc1)C2. The van der Waals surface area contributed by atoms with Crippen LogP contribution in [0.5, 0.6) is 11.5 Å². The maximum atomic E-state index is 11.8. The van der Waals surface area contributed by atoms with E-state index in [1.165, 1.54) is 11.1 Å². The Bertz CT molecular complexity index is 1290. The first-order chi connectivity index (χ1) is 17.4. The average molecular weight is 486 g/mol. The van der Waals surface area contributed by atoms with Gasteiger partial charge in [0, 0.05) is 30.0 Å². The zero-order valence-corrected chi connectivity index (χ0v) is 21.5. The Morgan fingerprint density at radius 1 is 1.14 bits per heavy atom. The summed E-state index contributed by atoms with van der Waals surface area (Å²) in [4.78, 5) is 2.54. The third kappa shape index (κ3) is 2.30. The maximum absolute atomic E-state index is 11.8. The summed E-state index contributed by atoms with van der Waals surface area (Å²) in [7, 11) is 5.76. The summed E-state index contributed by atoms with van der Waals surface area (Å²) in [5.41, 5.74) is 1.91. The topological polar surface area (TPSA) is 51.2 Å². The first kappa shape index (κ1) is 22.6. The van der Waals surface area contributed by atoms with Gasteiger partial charge in [0.25, 0.3) is 0 Å².